The summed E-state index contributed by atoms with van der Waals surface area (Å²) in [6.45, 7) is 6.96. The van der Waals surface area contributed by atoms with Gasteiger partial charge in [-0.2, -0.15) is 0 Å². The van der Waals surface area contributed by atoms with Gasteiger partial charge in [0.25, 0.3) is 5.82 Å². The molecule has 0 spiro atoms. The first kappa shape index (κ1) is 35.6. The van der Waals surface area contributed by atoms with Gasteiger partial charge >= 0.3 is 0 Å². The fourth-order valence-electron chi connectivity index (χ4n) is 6.36. The fourth-order valence-corrected chi connectivity index (χ4v) is 6.36. The highest BCUT2D eigenvalue weighted by molar-refractivity contribution is 5.14. The van der Waals surface area contributed by atoms with Crippen LogP contribution in [0.4, 0.5) is 0 Å². The summed E-state index contributed by atoms with van der Waals surface area (Å²) in [6, 6.07) is 11.0. The molecule has 1 aromatic carbocycles. The topological polar surface area (TPSA) is 8.81 Å². The number of rotatable bonds is 29. The van der Waals surface area contributed by atoms with Crippen LogP contribution in [0.3, 0.4) is 0 Å². The third-order valence-corrected chi connectivity index (χ3v) is 9.05. The Hall–Kier alpha value is -1.57. The van der Waals surface area contributed by atoms with Crippen LogP contribution >= 0.6 is 0 Å². The van der Waals surface area contributed by atoms with Crippen LogP contribution < -0.4 is 4.57 Å². The molecule has 0 atom stereocenters. The van der Waals surface area contributed by atoms with Crippen molar-refractivity contribution in [3.8, 4) is 0 Å². The van der Waals surface area contributed by atoms with Crippen molar-refractivity contribution in [2.75, 3.05) is 0 Å². The van der Waals surface area contributed by atoms with Gasteiger partial charge in [-0.1, -0.05) is 173 Å². The van der Waals surface area contributed by atoms with Crippen molar-refractivity contribution in [2.45, 2.75) is 194 Å². The van der Waals surface area contributed by atoms with Crippen molar-refractivity contribution < 1.29 is 4.57 Å². The summed E-state index contributed by atoms with van der Waals surface area (Å²) in [5.74, 6) is 1.58. The number of nitrogens with zero attached hydrogens (tertiary/aromatic N) is 2. The molecular formula is C39H69N2+. The van der Waals surface area contributed by atoms with Gasteiger partial charge in [-0.15, -0.1) is 0 Å². The Kier molecular flexibility index (Phi) is 22.7. The highest BCUT2D eigenvalue weighted by Crippen LogP contribution is 2.15. The first-order chi connectivity index (χ1) is 20.3. The molecule has 2 aromatic rings. The number of hydrogen-bond acceptors (Lipinski definition) is 0. The fraction of sp³-hybridized carbons (Fsp3) is 0.769. The standard InChI is InChI=1S/C39H69N2/c1-3-5-7-9-11-12-13-14-15-16-17-18-19-20-22-27-33-39-40(34-28-23-21-10-8-6-4-2)36-37-41(39)35-29-32-38-30-25-24-26-31-38/h24-26,30-31,36-37H,3-23,27-29,32-35H2,1-2H3/q+1. The second-order valence-corrected chi connectivity index (χ2v) is 12.9. The van der Waals surface area contributed by atoms with E-state index in [1.54, 1.807) is 5.82 Å². The molecule has 0 saturated carbocycles. The molecular weight excluding hydrogens is 496 g/mol. The smallest absolute Gasteiger partial charge is 0.234 e. The summed E-state index contributed by atoms with van der Waals surface area (Å²) in [5, 5.41) is 0. The Bertz CT molecular complexity index is 808. The summed E-state index contributed by atoms with van der Waals surface area (Å²) in [4.78, 5) is 0. The molecule has 2 rings (SSSR count). The minimum absolute atomic E-state index is 1.15. The molecule has 0 aliphatic rings. The zero-order chi connectivity index (χ0) is 29.1. The number of unbranched alkanes of at least 4 members (excludes halogenated alkanes) is 21. The van der Waals surface area contributed by atoms with Crippen LogP contribution in [0.1, 0.15) is 179 Å². The third kappa shape index (κ3) is 18.6. The molecule has 0 amide bonds. The molecule has 0 aliphatic heterocycles. The second kappa shape index (κ2) is 26.1. The van der Waals surface area contributed by atoms with Gasteiger partial charge in [0.15, 0.2) is 0 Å². The van der Waals surface area contributed by atoms with Crippen molar-refractivity contribution in [1.29, 1.82) is 0 Å². The predicted molar refractivity (Wildman–Crippen MR) is 181 cm³/mol. The minimum Gasteiger partial charge on any atom is -0.234 e. The average Bonchev–Trinajstić information content (AvgIpc) is 3.38. The van der Waals surface area contributed by atoms with Crippen molar-refractivity contribution >= 4 is 0 Å². The maximum Gasteiger partial charge on any atom is 0.256 e. The molecule has 0 fully saturated rings. The van der Waals surface area contributed by atoms with E-state index in [1.165, 1.54) is 179 Å². The highest BCUT2D eigenvalue weighted by Gasteiger charge is 2.16. The normalized spacial score (nSPS) is 11.5. The highest BCUT2D eigenvalue weighted by atomic mass is 15.1. The van der Waals surface area contributed by atoms with Gasteiger partial charge in [0, 0.05) is 6.42 Å². The van der Waals surface area contributed by atoms with Crippen LogP contribution in [0.15, 0.2) is 42.7 Å². The van der Waals surface area contributed by atoms with E-state index in [4.69, 9.17) is 0 Å². The molecule has 234 valence electrons. The minimum atomic E-state index is 1.15. The Labute approximate surface area is 256 Å². The molecule has 0 aliphatic carbocycles. The number of hydrogen-bond donors (Lipinski definition) is 0. The van der Waals surface area contributed by atoms with E-state index < -0.39 is 0 Å². The molecule has 2 nitrogen and oxygen atoms in total. The Balaban J connectivity index is 1.60. The molecule has 1 heterocycles. The monoisotopic (exact) mass is 566 g/mol. The lowest BCUT2D eigenvalue weighted by Crippen LogP contribution is -2.37. The van der Waals surface area contributed by atoms with Crippen molar-refractivity contribution in [3.05, 3.63) is 54.1 Å². The molecule has 2 heteroatoms. The maximum absolute atomic E-state index is 2.60. The lowest BCUT2D eigenvalue weighted by molar-refractivity contribution is -0.704. The molecule has 0 unspecified atom stereocenters. The van der Waals surface area contributed by atoms with Gasteiger partial charge < -0.3 is 0 Å². The quantitative estimate of drug-likeness (QED) is 0.0685. The zero-order valence-electron chi connectivity index (χ0n) is 27.7. The van der Waals surface area contributed by atoms with E-state index in [1.807, 2.05) is 0 Å². The summed E-state index contributed by atoms with van der Waals surface area (Å²) >= 11 is 0. The van der Waals surface area contributed by atoms with Crippen LogP contribution in [-0.2, 0) is 25.9 Å². The molecule has 0 radical (unpaired) electrons. The molecule has 0 bridgehead atoms. The molecule has 1 aromatic heterocycles. The number of benzene rings is 1. The molecule has 41 heavy (non-hydrogen) atoms. The van der Waals surface area contributed by atoms with Gasteiger partial charge in [0.1, 0.15) is 12.4 Å². The van der Waals surface area contributed by atoms with E-state index in [0.717, 1.165) is 6.54 Å². The van der Waals surface area contributed by atoms with Gasteiger partial charge in [0.2, 0.25) is 0 Å². The van der Waals surface area contributed by atoms with Crippen LogP contribution in [0.25, 0.3) is 0 Å². The SMILES string of the molecule is CCCCCCCCCCCCCCCCCCc1n(CCCCCCCCC)cc[n+]1CCCc1ccccc1. The van der Waals surface area contributed by atoms with Gasteiger partial charge in [-0.05, 0) is 37.7 Å². The lowest BCUT2D eigenvalue weighted by Gasteiger charge is -2.07. The number of imidazole rings is 1. The van der Waals surface area contributed by atoms with E-state index in [-0.39, 0.29) is 0 Å². The van der Waals surface area contributed by atoms with Crippen molar-refractivity contribution in [2.24, 2.45) is 0 Å². The zero-order valence-corrected chi connectivity index (χ0v) is 27.7. The predicted octanol–water partition coefficient (Wildman–Crippen LogP) is 12.0. The van der Waals surface area contributed by atoms with Crippen molar-refractivity contribution in [3.63, 3.8) is 0 Å². The lowest BCUT2D eigenvalue weighted by atomic mass is 10.0. The largest absolute Gasteiger partial charge is 0.256 e. The van der Waals surface area contributed by atoms with E-state index in [9.17, 15) is 0 Å². The van der Waals surface area contributed by atoms with Crippen LogP contribution in [-0.4, -0.2) is 4.57 Å². The Morgan fingerprint density at radius 2 is 0.951 bits per heavy atom. The number of aryl methyl sites for hydroxylation is 3. The van der Waals surface area contributed by atoms with Crippen LogP contribution in [0.5, 0.6) is 0 Å². The van der Waals surface area contributed by atoms with E-state index in [0.29, 0.717) is 0 Å². The van der Waals surface area contributed by atoms with E-state index in [2.05, 4.69) is 65.7 Å². The summed E-state index contributed by atoms with van der Waals surface area (Å²) in [5.41, 5.74) is 1.47. The Morgan fingerprint density at radius 1 is 0.488 bits per heavy atom. The first-order valence-electron chi connectivity index (χ1n) is 18.5. The van der Waals surface area contributed by atoms with Crippen molar-refractivity contribution in [1.82, 2.24) is 4.57 Å². The molecule has 0 N–H and O–H groups in total. The first-order valence-corrected chi connectivity index (χ1v) is 18.5. The summed E-state index contributed by atoms with van der Waals surface area (Å²) in [6.07, 6.45) is 41.1. The second-order valence-electron chi connectivity index (χ2n) is 12.9. The summed E-state index contributed by atoms with van der Waals surface area (Å²) in [7, 11) is 0. The molecule has 0 saturated heterocycles. The van der Waals surface area contributed by atoms with Crippen LogP contribution in [0.2, 0.25) is 0 Å². The third-order valence-electron chi connectivity index (χ3n) is 9.05. The number of aromatic nitrogens is 2. The van der Waals surface area contributed by atoms with E-state index >= 15 is 0 Å². The maximum atomic E-state index is 2.60. The van der Waals surface area contributed by atoms with Gasteiger partial charge in [-0.25, -0.2) is 9.13 Å². The average molecular weight is 566 g/mol. The van der Waals surface area contributed by atoms with Gasteiger partial charge in [-0.3, -0.25) is 0 Å². The Morgan fingerprint density at radius 3 is 1.46 bits per heavy atom. The van der Waals surface area contributed by atoms with Crippen LogP contribution in [0, 0.1) is 0 Å². The van der Waals surface area contributed by atoms with Gasteiger partial charge in [0.05, 0.1) is 13.1 Å². The summed E-state index contributed by atoms with van der Waals surface area (Å²) < 4.78 is 5.18.